The lowest BCUT2D eigenvalue weighted by atomic mass is 9.98. The van der Waals surface area contributed by atoms with E-state index in [1.807, 2.05) is 31.2 Å². The molecule has 6 nitrogen and oxygen atoms in total. The molecule has 1 saturated heterocycles. The van der Waals surface area contributed by atoms with Crippen LogP contribution in [-0.2, 0) is 25.5 Å². The molecular formula is C19H27NO5. The first-order valence-electron chi connectivity index (χ1n) is 8.79. The second kappa shape index (κ2) is 10.2. The summed E-state index contributed by atoms with van der Waals surface area (Å²) in [7, 11) is 0. The Labute approximate surface area is 148 Å². The highest BCUT2D eigenvalue weighted by Crippen LogP contribution is 2.12. The Hall–Kier alpha value is -1.92. The van der Waals surface area contributed by atoms with Crippen molar-refractivity contribution in [2.45, 2.75) is 38.7 Å². The van der Waals surface area contributed by atoms with Gasteiger partial charge in [0.2, 0.25) is 5.91 Å². The molecule has 1 heterocycles. The zero-order chi connectivity index (χ0) is 18.1. The summed E-state index contributed by atoms with van der Waals surface area (Å²) >= 11 is 0. The van der Waals surface area contributed by atoms with Gasteiger partial charge in [0.15, 0.2) is 0 Å². The van der Waals surface area contributed by atoms with Gasteiger partial charge >= 0.3 is 5.97 Å². The lowest BCUT2D eigenvalue weighted by Crippen LogP contribution is -2.35. The van der Waals surface area contributed by atoms with Crippen LogP contribution in [-0.4, -0.2) is 49.5 Å². The van der Waals surface area contributed by atoms with Gasteiger partial charge in [-0.05, 0) is 31.7 Å². The van der Waals surface area contributed by atoms with E-state index in [9.17, 15) is 14.7 Å². The van der Waals surface area contributed by atoms with Crippen LogP contribution in [0.15, 0.2) is 24.3 Å². The summed E-state index contributed by atoms with van der Waals surface area (Å²) in [6, 6.07) is 7.77. The van der Waals surface area contributed by atoms with Crippen LogP contribution < -0.4 is 5.32 Å². The second-order valence-electron chi connectivity index (χ2n) is 6.46. The monoisotopic (exact) mass is 349 g/mol. The Kier molecular flexibility index (Phi) is 7.88. The summed E-state index contributed by atoms with van der Waals surface area (Å²) < 4.78 is 10.9. The zero-order valence-electron chi connectivity index (χ0n) is 14.7. The van der Waals surface area contributed by atoms with Crippen LogP contribution >= 0.6 is 0 Å². The first-order valence-corrected chi connectivity index (χ1v) is 8.79. The maximum Gasteiger partial charge on any atom is 0.308 e. The van der Waals surface area contributed by atoms with Gasteiger partial charge in [0.05, 0.1) is 18.6 Å². The Balaban J connectivity index is 1.70. The number of rotatable bonds is 9. The van der Waals surface area contributed by atoms with Crippen LogP contribution in [0.4, 0.5) is 0 Å². The maximum absolute atomic E-state index is 11.9. The van der Waals surface area contributed by atoms with Gasteiger partial charge in [-0.2, -0.15) is 0 Å². The molecule has 0 spiro atoms. The number of carboxylic acids is 1. The van der Waals surface area contributed by atoms with Crippen molar-refractivity contribution in [2.75, 3.05) is 26.4 Å². The molecule has 0 saturated carbocycles. The van der Waals surface area contributed by atoms with Crippen molar-refractivity contribution in [3.8, 4) is 0 Å². The topological polar surface area (TPSA) is 84.9 Å². The standard InChI is InChI=1S/C19H27NO5/c1-14-3-2-4-15(11-14)12-16(19(22)23)13-20-18(21)7-10-25-17-5-8-24-9-6-17/h2-4,11,16-17H,5-10,12-13H2,1H3,(H,20,21)(H,22,23). The summed E-state index contributed by atoms with van der Waals surface area (Å²) in [4.78, 5) is 23.3. The summed E-state index contributed by atoms with van der Waals surface area (Å²) in [5, 5.41) is 12.1. The second-order valence-corrected chi connectivity index (χ2v) is 6.46. The molecule has 1 atom stereocenters. The average molecular weight is 349 g/mol. The number of aryl methyl sites for hydroxylation is 1. The van der Waals surface area contributed by atoms with E-state index in [0.29, 0.717) is 26.2 Å². The molecule has 25 heavy (non-hydrogen) atoms. The minimum Gasteiger partial charge on any atom is -0.481 e. The number of benzene rings is 1. The van der Waals surface area contributed by atoms with Crippen LogP contribution in [0, 0.1) is 12.8 Å². The van der Waals surface area contributed by atoms with Gasteiger partial charge in [-0.15, -0.1) is 0 Å². The molecule has 1 fully saturated rings. The van der Waals surface area contributed by atoms with Crippen LogP contribution in [0.2, 0.25) is 0 Å². The Morgan fingerprint density at radius 3 is 2.80 bits per heavy atom. The van der Waals surface area contributed by atoms with Crippen LogP contribution in [0.3, 0.4) is 0 Å². The minimum absolute atomic E-state index is 0.124. The summed E-state index contributed by atoms with van der Waals surface area (Å²) in [5.41, 5.74) is 2.06. The molecule has 0 radical (unpaired) electrons. The van der Waals surface area contributed by atoms with E-state index in [1.54, 1.807) is 0 Å². The fourth-order valence-electron chi connectivity index (χ4n) is 2.86. The minimum atomic E-state index is -0.903. The normalized spacial score (nSPS) is 16.4. The van der Waals surface area contributed by atoms with Gasteiger partial charge in [0, 0.05) is 26.2 Å². The molecule has 1 aliphatic heterocycles. The lowest BCUT2D eigenvalue weighted by Gasteiger charge is -2.22. The number of hydrogen-bond donors (Lipinski definition) is 2. The number of aliphatic carboxylic acids is 1. The van der Waals surface area contributed by atoms with Gasteiger partial charge in [-0.3, -0.25) is 9.59 Å². The van der Waals surface area contributed by atoms with Gasteiger partial charge in [0.25, 0.3) is 0 Å². The number of carbonyl (C=O) groups is 2. The number of ether oxygens (including phenoxy) is 2. The van der Waals surface area contributed by atoms with E-state index in [-0.39, 0.29) is 25.0 Å². The Morgan fingerprint density at radius 2 is 2.12 bits per heavy atom. The van der Waals surface area contributed by atoms with E-state index >= 15 is 0 Å². The smallest absolute Gasteiger partial charge is 0.308 e. The van der Waals surface area contributed by atoms with Crippen molar-refractivity contribution in [2.24, 2.45) is 5.92 Å². The van der Waals surface area contributed by atoms with Crippen molar-refractivity contribution in [1.82, 2.24) is 5.32 Å². The molecule has 1 aliphatic rings. The predicted molar refractivity (Wildman–Crippen MR) is 93.4 cm³/mol. The van der Waals surface area contributed by atoms with E-state index in [4.69, 9.17) is 9.47 Å². The van der Waals surface area contributed by atoms with E-state index < -0.39 is 11.9 Å². The summed E-state index contributed by atoms with van der Waals surface area (Å²) in [5.74, 6) is -1.72. The fraction of sp³-hybridized carbons (Fsp3) is 0.579. The first-order chi connectivity index (χ1) is 12.0. The van der Waals surface area contributed by atoms with E-state index in [1.165, 1.54) is 0 Å². The molecule has 0 aromatic heterocycles. The van der Waals surface area contributed by atoms with Crippen LogP contribution in [0.5, 0.6) is 0 Å². The van der Waals surface area contributed by atoms with Gasteiger partial charge < -0.3 is 19.9 Å². The Bertz CT molecular complexity index is 569. The number of nitrogens with one attached hydrogen (secondary N) is 1. The van der Waals surface area contributed by atoms with Crippen LogP contribution in [0.25, 0.3) is 0 Å². The summed E-state index contributed by atoms with van der Waals surface area (Å²) in [6.45, 7) is 3.86. The highest BCUT2D eigenvalue weighted by Gasteiger charge is 2.19. The molecule has 2 rings (SSSR count). The number of amides is 1. The largest absolute Gasteiger partial charge is 0.481 e. The lowest BCUT2D eigenvalue weighted by molar-refractivity contribution is -0.141. The maximum atomic E-state index is 11.9. The predicted octanol–water partition coefficient (Wildman–Crippen LogP) is 1.94. The van der Waals surface area contributed by atoms with E-state index in [2.05, 4.69) is 5.32 Å². The van der Waals surface area contributed by atoms with Crippen molar-refractivity contribution < 1.29 is 24.2 Å². The highest BCUT2D eigenvalue weighted by molar-refractivity contribution is 5.77. The molecule has 1 aromatic carbocycles. The molecule has 1 aromatic rings. The van der Waals surface area contributed by atoms with Crippen molar-refractivity contribution >= 4 is 11.9 Å². The molecular weight excluding hydrogens is 322 g/mol. The third-order valence-electron chi connectivity index (χ3n) is 4.31. The molecule has 0 bridgehead atoms. The summed E-state index contributed by atoms with van der Waals surface area (Å²) in [6.07, 6.45) is 2.53. The molecule has 138 valence electrons. The van der Waals surface area contributed by atoms with Crippen molar-refractivity contribution in [1.29, 1.82) is 0 Å². The zero-order valence-corrected chi connectivity index (χ0v) is 14.7. The third-order valence-corrected chi connectivity index (χ3v) is 4.31. The molecule has 6 heteroatoms. The number of hydrogen-bond acceptors (Lipinski definition) is 4. The quantitative estimate of drug-likeness (QED) is 0.712. The molecule has 1 unspecified atom stereocenters. The van der Waals surface area contributed by atoms with Gasteiger partial charge in [-0.25, -0.2) is 0 Å². The number of carbonyl (C=O) groups excluding carboxylic acids is 1. The van der Waals surface area contributed by atoms with E-state index in [0.717, 1.165) is 24.0 Å². The first kappa shape index (κ1) is 19.4. The van der Waals surface area contributed by atoms with Crippen molar-refractivity contribution in [3.05, 3.63) is 35.4 Å². The van der Waals surface area contributed by atoms with Crippen molar-refractivity contribution in [3.63, 3.8) is 0 Å². The Morgan fingerprint density at radius 1 is 1.36 bits per heavy atom. The molecule has 1 amide bonds. The van der Waals surface area contributed by atoms with Gasteiger partial charge in [0.1, 0.15) is 0 Å². The third kappa shape index (κ3) is 7.23. The molecule has 0 aliphatic carbocycles. The van der Waals surface area contributed by atoms with Gasteiger partial charge in [-0.1, -0.05) is 29.8 Å². The number of carboxylic acid groups (broad SMARTS) is 1. The van der Waals surface area contributed by atoms with Crippen LogP contribution in [0.1, 0.15) is 30.4 Å². The average Bonchev–Trinajstić information content (AvgIpc) is 2.59. The molecule has 2 N–H and O–H groups in total. The fourth-order valence-corrected chi connectivity index (χ4v) is 2.86. The SMILES string of the molecule is Cc1cccc(CC(CNC(=O)CCOC2CCOCC2)C(=O)O)c1. The highest BCUT2D eigenvalue weighted by atomic mass is 16.5.